The topological polar surface area (TPSA) is 95.4 Å². The van der Waals surface area contributed by atoms with Gasteiger partial charge in [-0.2, -0.15) is 0 Å². The van der Waals surface area contributed by atoms with Crippen molar-refractivity contribution in [3.05, 3.63) is 18.5 Å². The quantitative estimate of drug-likeness (QED) is 0.803. The Labute approximate surface area is 98.5 Å². The number of nitrogens with zero attached hydrogens (tertiary/aromatic N) is 3. The Bertz CT molecular complexity index is 396. The first-order valence-corrected chi connectivity index (χ1v) is 5.02. The molecule has 0 saturated heterocycles. The molecule has 7 heteroatoms. The van der Waals surface area contributed by atoms with E-state index in [0.717, 1.165) is 0 Å². The molecule has 0 bridgehead atoms. The van der Waals surface area contributed by atoms with Crippen LogP contribution in [0.4, 0.5) is 10.7 Å². The minimum absolute atomic E-state index is 0.119. The predicted octanol–water partition coefficient (Wildman–Crippen LogP) is 0.661. The van der Waals surface area contributed by atoms with E-state index in [-0.39, 0.29) is 12.5 Å². The first-order valence-electron chi connectivity index (χ1n) is 5.02. The van der Waals surface area contributed by atoms with Crippen molar-refractivity contribution in [1.82, 2.24) is 14.9 Å². The highest BCUT2D eigenvalue weighted by Gasteiger charge is 2.17. The maximum absolute atomic E-state index is 11.6. The van der Waals surface area contributed by atoms with Gasteiger partial charge in [0.15, 0.2) is 0 Å². The van der Waals surface area contributed by atoms with Crippen LogP contribution >= 0.6 is 0 Å². The van der Waals surface area contributed by atoms with Gasteiger partial charge in [-0.25, -0.2) is 14.8 Å². The fourth-order valence-corrected chi connectivity index (χ4v) is 1.13. The fraction of sp³-hybridized carbons (Fsp3) is 0.400. The molecule has 1 aromatic rings. The average molecular weight is 238 g/mol. The Hall–Kier alpha value is -2.18. The lowest BCUT2D eigenvalue weighted by molar-refractivity contribution is -0.141. The number of anilines is 1. The molecule has 0 radical (unpaired) electrons. The van der Waals surface area contributed by atoms with E-state index < -0.39 is 17.9 Å². The molecule has 2 amide bonds. The summed E-state index contributed by atoms with van der Waals surface area (Å²) in [6.07, 6.45) is 3.00. The van der Waals surface area contributed by atoms with Crippen LogP contribution in [0.5, 0.6) is 0 Å². The summed E-state index contributed by atoms with van der Waals surface area (Å²) in [5.41, 5.74) is 0. The van der Waals surface area contributed by atoms with Crippen LogP contribution < -0.4 is 5.32 Å². The predicted molar refractivity (Wildman–Crippen MR) is 60.5 cm³/mol. The number of carbonyl (C=O) groups excluding carboxylic acids is 1. The first kappa shape index (κ1) is 12.9. The minimum Gasteiger partial charge on any atom is -0.481 e. The van der Waals surface area contributed by atoms with Crippen molar-refractivity contribution in [2.75, 3.05) is 18.9 Å². The molecule has 2 N–H and O–H groups in total. The first-order chi connectivity index (χ1) is 8.00. The molecule has 0 saturated carbocycles. The van der Waals surface area contributed by atoms with E-state index >= 15 is 0 Å². The number of urea groups is 1. The van der Waals surface area contributed by atoms with Gasteiger partial charge in [0.2, 0.25) is 5.95 Å². The van der Waals surface area contributed by atoms with E-state index in [4.69, 9.17) is 5.11 Å². The summed E-state index contributed by atoms with van der Waals surface area (Å²) in [6, 6.07) is 1.19. The van der Waals surface area contributed by atoms with Crippen molar-refractivity contribution in [2.45, 2.75) is 6.92 Å². The van der Waals surface area contributed by atoms with Crippen LogP contribution in [0.25, 0.3) is 0 Å². The fourth-order valence-electron chi connectivity index (χ4n) is 1.13. The number of nitrogens with one attached hydrogen (secondary N) is 1. The van der Waals surface area contributed by atoms with Crippen LogP contribution in [-0.4, -0.2) is 45.6 Å². The third-order valence-corrected chi connectivity index (χ3v) is 2.10. The van der Waals surface area contributed by atoms with Crippen molar-refractivity contribution in [3.8, 4) is 0 Å². The molecule has 1 aromatic heterocycles. The highest BCUT2D eigenvalue weighted by Crippen LogP contribution is 2.01. The van der Waals surface area contributed by atoms with Gasteiger partial charge in [-0.1, -0.05) is 6.92 Å². The van der Waals surface area contributed by atoms with Gasteiger partial charge in [0, 0.05) is 26.0 Å². The summed E-state index contributed by atoms with van der Waals surface area (Å²) >= 11 is 0. The number of amides is 2. The van der Waals surface area contributed by atoms with Gasteiger partial charge < -0.3 is 10.0 Å². The van der Waals surface area contributed by atoms with Crippen LogP contribution in [-0.2, 0) is 4.79 Å². The second-order valence-corrected chi connectivity index (χ2v) is 3.62. The number of aromatic nitrogens is 2. The third kappa shape index (κ3) is 4.06. The SMILES string of the molecule is CC(CN(C)C(=O)Nc1ncccn1)C(=O)O. The molecular weight excluding hydrogens is 224 g/mol. The molecule has 0 aliphatic carbocycles. The van der Waals surface area contributed by atoms with E-state index in [1.807, 2.05) is 0 Å². The summed E-state index contributed by atoms with van der Waals surface area (Å²) < 4.78 is 0. The second-order valence-electron chi connectivity index (χ2n) is 3.62. The zero-order chi connectivity index (χ0) is 12.8. The van der Waals surface area contributed by atoms with Crippen molar-refractivity contribution in [3.63, 3.8) is 0 Å². The number of hydrogen-bond donors (Lipinski definition) is 2. The zero-order valence-corrected chi connectivity index (χ0v) is 9.62. The maximum atomic E-state index is 11.6. The monoisotopic (exact) mass is 238 g/mol. The molecule has 1 heterocycles. The van der Waals surface area contributed by atoms with Crippen LogP contribution in [0.1, 0.15) is 6.92 Å². The van der Waals surface area contributed by atoms with Crippen molar-refractivity contribution in [2.24, 2.45) is 5.92 Å². The van der Waals surface area contributed by atoms with Crippen LogP contribution in [0.2, 0.25) is 0 Å². The largest absolute Gasteiger partial charge is 0.481 e. The smallest absolute Gasteiger partial charge is 0.323 e. The molecule has 0 fully saturated rings. The molecule has 92 valence electrons. The number of carbonyl (C=O) groups is 2. The van der Waals surface area contributed by atoms with Gasteiger partial charge in [0.25, 0.3) is 0 Å². The molecule has 7 nitrogen and oxygen atoms in total. The minimum atomic E-state index is -0.944. The Balaban J connectivity index is 2.50. The van der Waals surface area contributed by atoms with E-state index in [2.05, 4.69) is 15.3 Å². The Morgan fingerprint density at radius 1 is 1.47 bits per heavy atom. The van der Waals surface area contributed by atoms with E-state index in [0.29, 0.717) is 0 Å². The number of carboxylic acids is 1. The van der Waals surface area contributed by atoms with E-state index in [9.17, 15) is 9.59 Å². The van der Waals surface area contributed by atoms with Crippen molar-refractivity contribution in [1.29, 1.82) is 0 Å². The Morgan fingerprint density at radius 3 is 2.59 bits per heavy atom. The summed E-state index contributed by atoms with van der Waals surface area (Å²) in [6.45, 7) is 1.65. The lowest BCUT2D eigenvalue weighted by atomic mass is 10.2. The molecule has 0 spiro atoms. The summed E-state index contributed by atoms with van der Waals surface area (Å²) in [7, 11) is 1.51. The van der Waals surface area contributed by atoms with Crippen LogP contribution in [0, 0.1) is 5.92 Å². The second kappa shape index (κ2) is 5.78. The highest BCUT2D eigenvalue weighted by atomic mass is 16.4. The summed E-state index contributed by atoms with van der Waals surface area (Å²) in [5, 5.41) is 11.2. The van der Waals surface area contributed by atoms with Gasteiger partial charge in [-0.15, -0.1) is 0 Å². The highest BCUT2D eigenvalue weighted by molar-refractivity contribution is 5.87. The van der Waals surface area contributed by atoms with Gasteiger partial charge >= 0.3 is 12.0 Å². The molecule has 1 unspecified atom stereocenters. The standard InChI is InChI=1S/C10H14N4O3/c1-7(8(15)16)6-14(2)10(17)13-9-11-4-3-5-12-9/h3-5,7H,6H2,1-2H3,(H,15,16)(H,11,12,13,17). The average Bonchev–Trinajstić information content (AvgIpc) is 2.29. The Morgan fingerprint density at radius 2 is 2.06 bits per heavy atom. The molecule has 0 aliphatic heterocycles. The molecule has 0 aromatic carbocycles. The zero-order valence-electron chi connectivity index (χ0n) is 9.62. The normalized spacial score (nSPS) is 11.6. The maximum Gasteiger partial charge on any atom is 0.323 e. The van der Waals surface area contributed by atoms with Crippen molar-refractivity contribution < 1.29 is 14.7 Å². The van der Waals surface area contributed by atoms with Gasteiger partial charge in [0.05, 0.1) is 5.92 Å². The van der Waals surface area contributed by atoms with Crippen LogP contribution in [0.15, 0.2) is 18.5 Å². The number of rotatable bonds is 4. The molecule has 17 heavy (non-hydrogen) atoms. The third-order valence-electron chi connectivity index (χ3n) is 2.10. The number of aliphatic carboxylic acids is 1. The summed E-state index contributed by atoms with van der Waals surface area (Å²) in [4.78, 5) is 31.2. The molecule has 1 rings (SSSR count). The number of hydrogen-bond acceptors (Lipinski definition) is 4. The lowest BCUT2D eigenvalue weighted by Crippen LogP contribution is -2.37. The lowest BCUT2D eigenvalue weighted by Gasteiger charge is -2.19. The molecular formula is C10H14N4O3. The van der Waals surface area contributed by atoms with Crippen molar-refractivity contribution >= 4 is 17.9 Å². The summed E-state index contributed by atoms with van der Waals surface area (Å²) in [5.74, 6) is -1.38. The van der Waals surface area contributed by atoms with E-state index in [1.54, 1.807) is 6.07 Å². The van der Waals surface area contributed by atoms with Gasteiger partial charge in [-0.05, 0) is 6.07 Å². The molecule has 1 atom stereocenters. The van der Waals surface area contributed by atoms with Gasteiger partial charge in [0.1, 0.15) is 0 Å². The number of carboxylic acid groups (broad SMARTS) is 1. The van der Waals surface area contributed by atoms with Gasteiger partial charge in [-0.3, -0.25) is 10.1 Å². The van der Waals surface area contributed by atoms with E-state index in [1.165, 1.54) is 31.3 Å². The van der Waals surface area contributed by atoms with Crippen LogP contribution in [0.3, 0.4) is 0 Å². The molecule has 0 aliphatic rings. The Kier molecular flexibility index (Phi) is 4.38.